The highest BCUT2D eigenvalue weighted by atomic mass is 16.5. The van der Waals surface area contributed by atoms with E-state index < -0.39 is 0 Å². The predicted octanol–water partition coefficient (Wildman–Crippen LogP) is 5.82. The van der Waals surface area contributed by atoms with Gasteiger partial charge in [0.2, 0.25) is 0 Å². The van der Waals surface area contributed by atoms with Crippen LogP contribution in [0.25, 0.3) is 10.9 Å². The van der Waals surface area contributed by atoms with E-state index in [0.29, 0.717) is 12.5 Å². The highest BCUT2D eigenvalue weighted by Gasteiger charge is 2.22. The van der Waals surface area contributed by atoms with Crippen molar-refractivity contribution in [2.45, 2.75) is 51.2 Å². The molecule has 1 atom stereocenters. The van der Waals surface area contributed by atoms with Crippen molar-refractivity contribution < 1.29 is 9.84 Å². The van der Waals surface area contributed by atoms with Gasteiger partial charge in [0.15, 0.2) is 0 Å². The summed E-state index contributed by atoms with van der Waals surface area (Å²) in [6.07, 6.45) is 6.99. The second kappa shape index (κ2) is 8.53. The average molecular weight is 361 g/mol. The van der Waals surface area contributed by atoms with E-state index in [9.17, 15) is 5.11 Å². The molecule has 0 spiro atoms. The number of nitrogens with zero attached hydrogens (tertiary/aromatic N) is 1. The van der Waals surface area contributed by atoms with Gasteiger partial charge < -0.3 is 9.84 Å². The molecule has 0 saturated heterocycles. The first-order chi connectivity index (χ1) is 13.3. The lowest BCUT2D eigenvalue weighted by Crippen LogP contribution is -2.11. The third-order valence-electron chi connectivity index (χ3n) is 5.61. The fraction of sp³-hybridized carbons (Fsp3) is 0.375. The molecule has 1 aliphatic rings. The van der Waals surface area contributed by atoms with Crippen molar-refractivity contribution in [2.75, 3.05) is 0 Å². The van der Waals surface area contributed by atoms with Crippen LogP contribution in [-0.4, -0.2) is 10.1 Å². The van der Waals surface area contributed by atoms with Crippen molar-refractivity contribution in [3.63, 3.8) is 0 Å². The first kappa shape index (κ1) is 18.0. The summed E-state index contributed by atoms with van der Waals surface area (Å²) in [5.74, 6) is 1.20. The largest absolute Gasteiger partial charge is 0.487 e. The molecule has 140 valence electrons. The molecule has 0 radical (unpaired) electrons. The zero-order valence-electron chi connectivity index (χ0n) is 15.7. The quantitative estimate of drug-likeness (QED) is 0.582. The van der Waals surface area contributed by atoms with E-state index in [1.807, 2.05) is 48.5 Å². The number of aliphatic hydroxyl groups excluding tert-OH is 1. The molecule has 0 aliphatic heterocycles. The van der Waals surface area contributed by atoms with Crippen LogP contribution < -0.4 is 4.74 Å². The van der Waals surface area contributed by atoms with Crippen molar-refractivity contribution in [3.05, 3.63) is 71.9 Å². The summed E-state index contributed by atoms with van der Waals surface area (Å²) in [4.78, 5) is 4.64. The van der Waals surface area contributed by atoms with Crippen LogP contribution in [0.2, 0.25) is 0 Å². The lowest BCUT2D eigenvalue weighted by atomic mass is 9.89. The minimum Gasteiger partial charge on any atom is -0.487 e. The molecular weight excluding hydrogens is 334 g/mol. The molecule has 1 saturated carbocycles. The first-order valence-electron chi connectivity index (χ1n) is 10.0. The van der Waals surface area contributed by atoms with Gasteiger partial charge in [0, 0.05) is 5.39 Å². The van der Waals surface area contributed by atoms with Gasteiger partial charge in [-0.25, -0.2) is 4.98 Å². The van der Waals surface area contributed by atoms with Crippen LogP contribution >= 0.6 is 0 Å². The maximum Gasteiger partial charge on any atom is 0.130 e. The Kier molecular flexibility index (Phi) is 5.69. The van der Waals surface area contributed by atoms with E-state index in [-0.39, 0.29) is 6.10 Å². The number of hydrogen-bond donors (Lipinski definition) is 1. The Hall–Kier alpha value is -2.39. The summed E-state index contributed by atoms with van der Waals surface area (Å²) in [6.45, 7) is 0.440. The number of aromatic nitrogens is 1. The van der Waals surface area contributed by atoms with Crippen molar-refractivity contribution in [2.24, 2.45) is 5.92 Å². The van der Waals surface area contributed by atoms with Gasteiger partial charge in [-0.3, -0.25) is 0 Å². The highest BCUT2D eigenvalue weighted by molar-refractivity contribution is 5.78. The lowest BCUT2D eigenvalue weighted by Gasteiger charge is -2.21. The van der Waals surface area contributed by atoms with Gasteiger partial charge in [0.05, 0.1) is 17.3 Å². The number of aliphatic hydroxyl groups is 1. The van der Waals surface area contributed by atoms with Crippen molar-refractivity contribution in [3.8, 4) is 5.75 Å². The molecule has 3 nitrogen and oxygen atoms in total. The Morgan fingerprint density at radius 2 is 1.63 bits per heavy atom. The molecule has 27 heavy (non-hydrogen) atoms. The van der Waals surface area contributed by atoms with Crippen molar-refractivity contribution >= 4 is 10.9 Å². The second-order valence-electron chi connectivity index (χ2n) is 7.55. The summed E-state index contributed by atoms with van der Waals surface area (Å²) in [7, 11) is 0. The smallest absolute Gasteiger partial charge is 0.130 e. The predicted molar refractivity (Wildman–Crippen MR) is 109 cm³/mol. The number of fused-ring (bicyclic) bond motifs is 1. The first-order valence-corrected chi connectivity index (χ1v) is 10.0. The summed E-state index contributed by atoms with van der Waals surface area (Å²) in [5, 5.41) is 11.9. The standard InChI is InChI=1S/C24H27NO2/c26-24(19-8-3-1-2-4-9-19)20-12-15-22(16-13-20)27-17-21-14-11-18-7-5-6-10-23(18)25-21/h5-7,10-16,19,24,26H,1-4,8-9,17H2. The van der Waals surface area contributed by atoms with Gasteiger partial charge in [-0.1, -0.05) is 62.1 Å². The van der Waals surface area contributed by atoms with Crippen molar-refractivity contribution in [1.82, 2.24) is 4.98 Å². The molecule has 1 fully saturated rings. The zero-order valence-corrected chi connectivity index (χ0v) is 15.7. The molecule has 1 aromatic heterocycles. The molecule has 1 heterocycles. The number of rotatable bonds is 5. The molecule has 3 heteroatoms. The Balaban J connectivity index is 1.38. The highest BCUT2D eigenvalue weighted by Crippen LogP contribution is 2.34. The summed E-state index contributed by atoms with van der Waals surface area (Å²) in [6, 6.07) is 20.1. The van der Waals surface area contributed by atoms with E-state index in [4.69, 9.17) is 4.74 Å². The van der Waals surface area contributed by atoms with Crippen LogP contribution in [0.15, 0.2) is 60.7 Å². The van der Waals surface area contributed by atoms with Crippen LogP contribution in [-0.2, 0) is 6.61 Å². The number of ether oxygens (including phenoxy) is 1. The van der Waals surface area contributed by atoms with E-state index >= 15 is 0 Å². The van der Waals surface area contributed by atoms with Gasteiger partial charge >= 0.3 is 0 Å². The molecule has 2 aromatic carbocycles. The fourth-order valence-electron chi connectivity index (χ4n) is 4.01. The maximum atomic E-state index is 10.7. The monoisotopic (exact) mass is 361 g/mol. The third-order valence-corrected chi connectivity index (χ3v) is 5.61. The van der Waals surface area contributed by atoms with Gasteiger partial charge in [-0.2, -0.15) is 0 Å². The maximum absolute atomic E-state index is 10.7. The minimum atomic E-state index is -0.362. The number of pyridine rings is 1. The topological polar surface area (TPSA) is 42.4 Å². The second-order valence-corrected chi connectivity index (χ2v) is 7.55. The molecule has 1 unspecified atom stereocenters. The van der Waals surface area contributed by atoms with Gasteiger partial charge in [0.25, 0.3) is 0 Å². The van der Waals surface area contributed by atoms with Crippen LogP contribution in [0.1, 0.15) is 55.9 Å². The van der Waals surface area contributed by atoms with Crippen LogP contribution in [0, 0.1) is 5.92 Å². The Labute approximate surface area is 161 Å². The Morgan fingerprint density at radius 1 is 0.889 bits per heavy atom. The molecule has 0 amide bonds. The van der Waals surface area contributed by atoms with Gasteiger partial charge in [-0.15, -0.1) is 0 Å². The van der Waals surface area contributed by atoms with Crippen LogP contribution in [0.5, 0.6) is 5.75 Å². The van der Waals surface area contributed by atoms with Crippen LogP contribution in [0.3, 0.4) is 0 Å². The van der Waals surface area contributed by atoms with E-state index in [1.165, 1.54) is 25.7 Å². The fourth-order valence-corrected chi connectivity index (χ4v) is 4.01. The van der Waals surface area contributed by atoms with E-state index in [0.717, 1.165) is 40.8 Å². The number of para-hydroxylation sites is 1. The lowest BCUT2D eigenvalue weighted by molar-refractivity contribution is 0.0987. The molecule has 1 N–H and O–H groups in total. The summed E-state index contributed by atoms with van der Waals surface area (Å²) in [5.41, 5.74) is 2.90. The van der Waals surface area contributed by atoms with Crippen molar-refractivity contribution in [1.29, 1.82) is 0 Å². The van der Waals surface area contributed by atoms with Gasteiger partial charge in [0.1, 0.15) is 12.4 Å². The average Bonchev–Trinajstić information content (AvgIpc) is 3.01. The molecule has 0 bridgehead atoms. The number of benzene rings is 2. The van der Waals surface area contributed by atoms with Crippen LogP contribution in [0.4, 0.5) is 0 Å². The SMILES string of the molecule is OC(c1ccc(OCc2ccc3ccccc3n2)cc1)C1CCCCCC1. The normalized spacial score (nSPS) is 16.8. The molecule has 3 aromatic rings. The summed E-state index contributed by atoms with van der Waals surface area (Å²) < 4.78 is 5.90. The van der Waals surface area contributed by atoms with Gasteiger partial charge in [-0.05, 0) is 48.6 Å². The minimum absolute atomic E-state index is 0.362. The van der Waals surface area contributed by atoms with E-state index in [1.54, 1.807) is 0 Å². The Morgan fingerprint density at radius 3 is 2.41 bits per heavy atom. The summed E-state index contributed by atoms with van der Waals surface area (Å²) >= 11 is 0. The molecular formula is C24H27NO2. The third kappa shape index (κ3) is 4.48. The van der Waals surface area contributed by atoms with E-state index in [2.05, 4.69) is 17.1 Å². The Bertz CT molecular complexity index is 867. The molecule has 1 aliphatic carbocycles. The zero-order chi connectivity index (χ0) is 18.5. The molecule has 4 rings (SSSR count). The number of hydrogen-bond acceptors (Lipinski definition) is 3.